The number of phenols is 1. The maximum atomic E-state index is 14.9. The van der Waals surface area contributed by atoms with Crippen LogP contribution in [-0.2, 0) is 19.1 Å². The summed E-state index contributed by atoms with van der Waals surface area (Å²) >= 11 is 0. The summed E-state index contributed by atoms with van der Waals surface area (Å²) in [6, 6.07) is 16.9. The number of aromatic hydroxyl groups is 1. The number of fused-ring (bicyclic) bond motifs is 3. The molecule has 2 fully saturated rings. The number of anilines is 3. The highest BCUT2D eigenvalue weighted by atomic mass is 16.6. The van der Waals surface area contributed by atoms with Gasteiger partial charge in [-0.15, -0.1) is 0 Å². The molecule has 8 unspecified atom stereocenters. The molecule has 8 atom stereocenters. The maximum absolute atomic E-state index is 14.9. The van der Waals surface area contributed by atoms with Crippen LogP contribution in [0.2, 0.25) is 0 Å². The van der Waals surface area contributed by atoms with Crippen molar-refractivity contribution in [3.8, 4) is 5.75 Å². The van der Waals surface area contributed by atoms with E-state index in [-0.39, 0.29) is 69.0 Å². The number of aliphatic hydroxyl groups excluding tert-OH is 1. The number of hydrogen-bond donors (Lipinski definition) is 6. The van der Waals surface area contributed by atoms with Crippen LogP contribution in [0.5, 0.6) is 5.75 Å². The molecule has 2 saturated carbocycles. The summed E-state index contributed by atoms with van der Waals surface area (Å²) in [6.45, 7) is 8.56. The van der Waals surface area contributed by atoms with E-state index in [1.54, 1.807) is 62.5 Å². The molecule has 13 heteroatoms. The Morgan fingerprint density at radius 3 is 2.21 bits per heavy atom. The minimum absolute atomic E-state index is 0.00753. The maximum Gasteiger partial charge on any atom is 0.340 e. The summed E-state index contributed by atoms with van der Waals surface area (Å²) in [6.07, 6.45) is 0.580. The number of amides is 2. The van der Waals surface area contributed by atoms with Crippen molar-refractivity contribution in [3.63, 3.8) is 0 Å². The molecular weight excluding hydrogens is 730 g/mol. The number of rotatable bonds is 9. The predicted octanol–water partition coefficient (Wildman–Crippen LogP) is 5.50. The molecular formula is C44H47N3O10. The van der Waals surface area contributed by atoms with Crippen molar-refractivity contribution in [3.05, 3.63) is 107 Å². The molecule has 4 aliphatic carbocycles. The molecule has 2 bridgehead atoms. The first kappa shape index (κ1) is 39.4. The SMILES string of the molecule is CNc1ccccc1C(=O)Nc1c(O)cccc1C(=O)Nc1ccccc1C(=O)OC1C(C)=CC23C(=O)C(C=C(COC(C)=O)C(O)C12O)C1C(CC3C)C1(C)C. The third-order valence-corrected chi connectivity index (χ3v) is 12.7. The molecule has 7 rings (SSSR count). The van der Waals surface area contributed by atoms with E-state index in [1.165, 1.54) is 37.3 Å². The van der Waals surface area contributed by atoms with Gasteiger partial charge in [0.15, 0.2) is 17.5 Å². The quantitative estimate of drug-likeness (QED) is 0.0911. The van der Waals surface area contributed by atoms with Crippen LogP contribution in [0, 0.1) is 34.5 Å². The molecule has 0 aliphatic heterocycles. The van der Waals surface area contributed by atoms with Crippen LogP contribution in [0.15, 0.2) is 90.0 Å². The van der Waals surface area contributed by atoms with E-state index in [0.29, 0.717) is 17.7 Å². The second kappa shape index (κ2) is 14.3. The van der Waals surface area contributed by atoms with Crippen LogP contribution in [0.3, 0.4) is 0 Å². The first-order valence-electron chi connectivity index (χ1n) is 19.0. The van der Waals surface area contributed by atoms with Crippen LogP contribution < -0.4 is 16.0 Å². The Morgan fingerprint density at radius 1 is 0.895 bits per heavy atom. The van der Waals surface area contributed by atoms with E-state index < -0.39 is 58.8 Å². The molecule has 6 N–H and O–H groups in total. The summed E-state index contributed by atoms with van der Waals surface area (Å²) < 4.78 is 11.4. The zero-order valence-electron chi connectivity index (χ0n) is 32.6. The fraction of sp³-hybridized carbons (Fsp3) is 0.386. The first-order valence-corrected chi connectivity index (χ1v) is 19.0. The monoisotopic (exact) mass is 777 g/mol. The molecule has 3 aromatic rings. The van der Waals surface area contributed by atoms with Gasteiger partial charge in [0.25, 0.3) is 11.8 Å². The van der Waals surface area contributed by atoms with E-state index in [2.05, 4.69) is 29.8 Å². The normalized spacial score (nSPS) is 29.2. The Kier molecular flexibility index (Phi) is 9.90. The second-order valence-corrected chi connectivity index (χ2v) is 16.2. The number of esters is 2. The summed E-state index contributed by atoms with van der Waals surface area (Å²) in [5.74, 6) is -4.68. The van der Waals surface area contributed by atoms with Crippen molar-refractivity contribution in [2.45, 2.75) is 58.8 Å². The summed E-state index contributed by atoms with van der Waals surface area (Å²) in [5.41, 5.74) is -3.29. The van der Waals surface area contributed by atoms with Crippen molar-refractivity contribution < 1.29 is 48.8 Å². The van der Waals surface area contributed by atoms with E-state index in [1.807, 2.05) is 6.92 Å². The van der Waals surface area contributed by atoms with Crippen molar-refractivity contribution in [2.75, 3.05) is 29.6 Å². The van der Waals surface area contributed by atoms with E-state index in [4.69, 9.17) is 9.47 Å². The van der Waals surface area contributed by atoms with Crippen LogP contribution >= 0.6 is 0 Å². The number of hydrogen-bond acceptors (Lipinski definition) is 11. The van der Waals surface area contributed by atoms with Gasteiger partial charge in [-0.1, -0.05) is 63.3 Å². The average Bonchev–Trinajstić information content (AvgIpc) is 3.67. The van der Waals surface area contributed by atoms with Gasteiger partial charge >= 0.3 is 11.9 Å². The van der Waals surface area contributed by atoms with Crippen LogP contribution in [0.25, 0.3) is 0 Å². The Morgan fingerprint density at radius 2 is 1.53 bits per heavy atom. The predicted molar refractivity (Wildman–Crippen MR) is 211 cm³/mol. The molecule has 1 spiro atoms. The number of benzene rings is 3. The summed E-state index contributed by atoms with van der Waals surface area (Å²) in [4.78, 5) is 68.3. The molecule has 298 valence electrons. The molecule has 0 heterocycles. The highest BCUT2D eigenvalue weighted by Gasteiger charge is 2.76. The number of allylic oxidation sites excluding steroid dienone is 1. The number of para-hydroxylation sites is 3. The number of ketones is 1. The van der Waals surface area contributed by atoms with Crippen LogP contribution in [0.1, 0.15) is 72.1 Å². The highest BCUT2D eigenvalue weighted by molar-refractivity contribution is 6.16. The summed E-state index contributed by atoms with van der Waals surface area (Å²) in [5, 5.41) is 44.2. The lowest BCUT2D eigenvalue weighted by Gasteiger charge is -2.48. The van der Waals surface area contributed by atoms with Gasteiger partial charge in [0.1, 0.15) is 18.5 Å². The smallest absolute Gasteiger partial charge is 0.340 e. The standard InChI is InChI=1S/C44H47N3O10/c1-22-20-43-23(2)18-30-34(42(30,4)5)29(37(43)51)19-25(21-56-24(3)48)36(50)44(43,55)38(22)57-41(54)27-13-8-10-16-32(27)46-40(53)28-14-11-17-33(49)35(28)47-39(52)26-12-7-9-15-31(26)45-6/h7-17,19-20,23,29-30,34,36,38,45,49-50,55H,18,21H2,1-6H3,(H,46,53)(H,47,52). The lowest BCUT2D eigenvalue weighted by atomic mass is 9.59. The molecule has 0 radical (unpaired) electrons. The van der Waals surface area contributed by atoms with Gasteiger partial charge in [-0.3, -0.25) is 19.2 Å². The number of carbonyl (C=O) groups is 5. The molecule has 0 aromatic heterocycles. The van der Waals surface area contributed by atoms with Gasteiger partial charge in [0, 0.05) is 25.6 Å². The van der Waals surface area contributed by atoms with Crippen molar-refractivity contribution in [1.82, 2.24) is 0 Å². The zero-order chi connectivity index (χ0) is 41.2. The largest absolute Gasteiger partial charge is 0.506 e. The van der Waals surface area contributed by atoms with Gasteiger partial charge < -0.3 is 40.7 Å². The topological polar surface area (TPSA) is 201 Å². The molecule has 3 aromatic carbocycles. The van der Waals surface area contributed by atoms with E-state index >= 15 is 0 Å². The zero-order valence-corrected chi connectivity index (χ0v) is 32.6. The number of nitrogens with one attached hydrogen (secondary N) is 3. The van der Waals surface area contributed by atoms with E-state index in [0.717, 1.165) is 0 Å². The first-order chi connectivity index (χ1) is 27.0. The third-order valence-electron chi connectivity index (χ3n) is 12.7. The van der Waals surface area contributed by atoms with Crippen LogP contribution in [-0.4, -0.2) is 76.3 Å². The molecule has 0 saturated heterocycles. The minimum atomic E-state index is -2.39. The number of aliphatic hydroxyl groups is 2. The summed E-state index contributed by atoms with van der Waals surface area (Å²) in [7, 11) is 1.66. The van der Waals surface area contributed by atoms with Gasteiger partial charge in [-0.2, -0.15) is 0 Å². The van der Waals surface area contributed by atoms with Crippen molar-refractivity contribution in [1.29, 1.82) is 0 Å². The van der Waals surface area contributed by atoms with Crippen molar-refractivity contribution >= 4 is 46.6 Å². The lowest BCUT2D eigenvalue weighted by molar-refractivity contribution is -0.191. The number of phenolic OH excluding ortho intramolecular Hbond substituents is 1. The fourth-order valence-electron chi connectivity index (χ4n) is 9.84. The van der Waals surface area contributed by atoms with Gasteiger partial charge in [0.05, 0.1) is 33.5 Å². The fourth-order valence-corrected chi connectivity index (χ4v) is 9.84. The Labute approximate surface area is 330 Å². The Hall–Kier alpha value is -5.79. The highest BCUT2D eigenvalue weighted by Crippen LogP contribution is 2.71. The lowest BCUT2D eigenvalue weighted by Crippen LogP contribution is -2.65. The second-order valence-electron chi connectivity index (χ2n) is 16.2. The number of ether oxygens (including phenoxy) is 2. The third kappa shape index (κ3) is 6.20. The van der Waals surface area contributed by atoms with Crippen LogP contribution in [0.4, 0.5) is 17.1 Å². The van der Waals surface area contributed by atoms with Gasteiger partial charge in [-0.25, -0.2) is 4.79 Å². The van der Waals surface area contributed by atoms with Gasteiger partial charge in [0.2, 0.25) is 0 Å². The Bertz CT molecular complexity index is 2260. The number of Topliss-reactive ketones (excluding diaryl/α,β-unsaturated/α-hetero) is 1. The minimum Gasteiger partial charge on any atom is -0.506 e. The van der Waals surface area contributed by atoms with Crippen molar-refractivity contribution in [2.24, 2.45) is 34.5 Å². The molecule has 2 amide bonds. The van der Waals surface area contributed by atoms with E-state index in [9.17, 15) is 39.3 Å². The molecule has 13 nitrogen and oxygen atoms in total. The Balaban J connectivity index is 1.20. The molecule has 4 aliphatic rings. The number of carbonyl (C=O) groups excluding carboxylic acids is 5. The van der Waals surface area contributed by atoms with Gasteiger partial charge in [-0.05, 0) is 84.1 Å². The molecule has 57 heavy (non-hydrogen) atoms. The average molecular weight is 778 g/mol.